The Hall–Kier alpha value is -2.39. The third kappa shape index (κ3) is 4.62. The minimum absolute atomic E-state index is 0.00639. The number of amides is 1. The Bertz CT molecular complexity index is 986. The number of rotatable bonds is 6. The van der Waals surface area contributed by atoms with Gasteiger partial charge >= 0.3 is 0 Å². The van der Waals surface area contributed by atoms with Gasteiger partial charge in [0.1, 0.15) is 18.9 Å². The summed E-state index contributed by atoms with van der Waals surface area (Å²) in [7, 11) is -3.26. The van der Waals surface area contributed by atoms with Crippen molar-refractivity contribution in [2.75, 3.05) is 12.9 Å². The molecular formula is C20H26N4O4S. The van der Waals surface area contributed by atoms with Crippen LogP contribution in [-0.2, 0) is 34.5 Å². The molecule has 0 N–H and O–H groups in total. The van der Waals surface area contributed by atoms with Gasteiger partial charge < -0.3 is 14.2 Å². The molecule has 2 heterocycles. The number of carbonyl (C=O) groups excluding carboxylic acids is 1. The average Bonchev–Trinajstić information content (AvgIpc) is 3.40. The Morgan fingerprint density at radius 2 is 2.14 bits per heavy atom. The smallest absolute Gasteiger partial charge is 0.243 e. The van der Waals surface area contributed by atoms with Crippen molar-refractivity contribution in [2.45, 2.75) is 51.5 Å². The summed E-state index contributed by atoms with van der Waals surface area (Å²) in [6, 6.07) is 5.79. The third-order valence-corrected chi connectivity index (χ3v) is 6.67. The van der Waals surface area contributed by atoms with E-state index in [1.807, 2.05) is 30.0 Å². The summed E-state index contributed by atoms with van der Waals surface area (Å²) in [5.74, 6) is 0.740. The fourth-order valence-corrected chi connectivity index (χ4v) is 4.79. The molecule has 1 aliphatic carbocycles. The van der Waals surface area contributed by atoms with Crippen molar-refractivity contribution in [1.29, 1.82) is 0 Å². The van der Waals surface area contributed by atoms with E-state index in [9.17, 15) is 13.2 Å². The number of carbonyl (C=O) groups is 1. The Balaban J connectivity index is 1.54. The second kappa shape index (κ2) is 7.79. The maximum Gasteiger partial charge on any atom is 0.243 e. The summed E-state index contributed by atoms with van der Waals surface area (Å²) in [5.41, 5.74) is 1.80. The Morgan fingerprint density at radius 3 is 2.79 bits per heavy atom. The van der Waals surface area contributed by atoms with Gasteiger partial charge in [-0.1, -0.05) is 6.07 Å². The quantitative estimate of drug-likeness (QED) is 0.712. The number of nitrogens with zero attached hydrogens (tertiary/aromatic N) is 4. The van der Waals surface area contributed by atoms with E-state index >= 15 is 0 Å². The molecule has 4 rings (SSSR count). The van der Waals surface area contributed by atoms with Crippen LogP contribution in [0.1, 0.15) is 30.9 Å². The van der Waals surface area contributed by atoms with Crippen LogP contribution in [0.15, 0.2) is 36.9 Å². The van der Waals surface area contributed by atoms with E-state index < -0.39 is 10.0 Å². The first-order valence-corrected chi connectivity index (χ1v) is 11.6. The van der Waals surface area contributed by atoms with Crippen LogP contribution in [0.3, 0.4) is 0 Å². The molecule has 0 saturated heterocycles. The Kier molecular flexibility index (Phi) is 5.35. The van der Waals surface area contributed by atoms with Crippen molar-refractivity contribution in [3.63, 3.8) is 0 Å². The van der Waals surface area contributed by atoms with Crippen LogP contribution in [0, 0.1) is 0 Å². The predicted octanol–water partition coefficient (Wildman–Crippen LogP) is 1.62. The zero-order valence-electron chi connectivity index (χ0n) is 16.7. The van der Waals surface area contributed by atoms with Crippen molar-refractivity contribution in [2.24, 2.45) is 0 Å². The number of sulfonamides is 1. The third-order valence-electron chi connectivity index (χ3n) is 5.39. The zero-order valence-corrected chi connectivity index (χ0v) is 17.5. The molecule has 1 aliphatic heterocycles. The van der Waals surface area contributed by atoms with Crippen LogP contribution in [0.4, 0.5) is 0 Å². The molecule has 1 fully saturated rings. The number of imidazole rings is 1. The van der Waals surface area contributed by atoms with Crippen molar-refractivity contribution in [3.8, 4) is 5.75 Å². The molecule has 0 radical (unpaired) electrons. The first kappa shape index (κ1) is 19.9. The minimum atomic E-state index is -3.26. The molecule has 156 valence electrons. The van der Waals surface area contributed by atoms with E-state index in [1.54, 1.807) is 27.6 Å². The maximum atomic E-state index is 12.9. The van der Waals surface area contributed by atoms with E-state index in [4.69, 9.17) is 4.74 Å². The van der Waals surface area contributed by atoms with Gasteiger partial charge in [0.15, 0.2) is 0 Å². The summed E-state index contributed by atoms with van der Waals surface area (Å²) < 4.78 is 33.5. The number of ether oxygens (including phenoxy) is 1. The monoisotopic (exact) mass is 418 g/mol. The van der Waals surface area contributed by atoms with Gasteiger partial charge in [-0.3, -0.25) is 4.79 Å². The molecule has 29 heavy (non-hydrogen) atoms. The van der Waals surface area contributed by atoms with Crippen LogP contribution < -0.4 is 4.74 Å². The highest BCUT2D eigenvalue weighted by Crippen LogP contribution is 2.32. The molecule has 1 aromatic heterocycles. The van der Waals surface area contributed by atoms with E-state index in [0.29, 0.717) is 19.7 Å². The number of aromatic nitrogens is 2. The number of hydrogen-bond donors (Lipinski definition) is 0. The maximum absolute atomic E-state index is 12.9. The highest BCUT2D eigenvalue weighted by molar-refractivity contribution is 7.88. The van der Waals surface area contributed by atoms with Crippen LogP contribution in [0.2, 0.25) is 0 Å². The summed E-state index contributed by atoms with van der Waals surface area (Å²) in [5, 5.41) is 0. The molecular weight excluding hydrogens is 392 g/mol. The number of fused-ring (bicyclic) bond motifs is 1. The van der Waals surface area contributed by atoms with Gasteiger partial charge in [0.25, 0.3) is 0 Å². The second-order valence-corrected chi connectivity index (χ2v) is 9.83. The largest absolute Gasteiger partial charge is 0.491 e. The Labute approximate surface area is 171 Å². The Morgan fingerprint density at radius 1 is 1.34 bits per heavy atom. The molecule has 2 aliphatic rings. The summed E-state index contributed by atoms with van der Waals surface area (Å²) in [6.45, 7) is 3.38. The minimum Gasteiger partial charge on any atom is -0.491 e. The van der Waals surface area contributed by atoms with Gasteiger partial charge in [-0.15, -0.1) is 0 Å². The second-order valence-electron chi connectivity index (χ2n) is 7.90. The molecule has 9 heteroatoms. The highest BCUT2D eigenvalue weighted by Gasteiger charge is 2.35. The van der Waals surface area contributed by atoms with Crippen molar-refractivity contribution < 1.29 is 17.9 Å². The molecule has 1 amide bonds. The standard InChI is InChI=1S/C20H26N4O4S/c1-15-13-28-19-6-3-16(10-24(18-4-5-18)29(2,26)27)9-17(19)11-23(15)20(25)12-22-8-7-21-14-22/h3,6-9,14-15,18H,4-5,10-13H2,1-2H3/t15-/m0/s1. The first-order chi connectivity index (χ1) is 13.8. The van der Waals surface area contributed by atoms with Crippen molar-refractivity contribution in [3.05, 3.63) is 48.0 Å². The topological polar surface area (TPSA) is 84.7 Å². The molecule has 1 aromatic carbocycles. The summed E-state index contributed by atoms with van der Waals surface area (Å²) in [6.07, 6.45) is 8.12. The lowest BCUT2D eigenvalue weighted by molar-refractivity contribution is -0.134. The van der Waals surface area contributed by atoms with Gasteiger partial charge in [-0.25, -0.2) is 13.4 Å². The summed E-state index contributed by atoms with van der Waals surface area (Å²) in [4.78, 5) is 18.7. The van der Waals surface area contributed by atoms with E-state index in [-0.39, 0.29) is 24.5 Å². The lowest BCUT2D eigenvalue weighted by Gasteiger charge is -2.26. The lowest BCUT2D eigenvalue weighted by Crippen LogP contribution is -2.41. The van der Waals surface area contributed by atoms with Crippen molar-refractivity contribution >= 4 is 15.9 Å². The molecule has 8 nitrogen and oxygen atoms in total. The van der Waals surface area contributed by atoms with Gasteiger partial charge in [0, 0.05) is 37.1 Å². The van der Waals surface area contributed by atoms with E-state index in [2.05, 4.69) is 4.98 Å². The van der Waals surface area contributed by atoms with Gasteiger partial charge in [-0.2, -0.15) is 4.31 Å². The number of benzene rings is 1. The van der Waals surface area contributed by atoms with Gasteiger partial charge in [0.05, 0.1) is 18.6 Å². The molecule has 1 saturated carbocycles. The molecule has 2 aromatic rings. The van der Waals surface area contributed by atoms with Crippen molar-refractivity contribution in [1.82, 2.24) is 18.8 Å². The van der Waals surface area contributed by atoms with Crippen LogP contribution in [0.25, 0.3) is 0 Å². The van der Waals surface area contributed by atoms with Crippen LogP contribution in [0.5, 0.6) is 5.75 Å². The van der Waals surface area contributed by atoms with E-state index in [0.717, 1.165) is 29.7 Å². The van der Waals surface area contributed by atoms with E-state index in [1.165, 1.54) is 6.26 Å². The fraction of sp³-hybridized carbons (Fsp3) is 0.500. The molecule has 0 spiro atoms. The number of hydrogen-bond acceptors (Lipinski definition) is 5. The van der Waals surface area contributed by atoms with Crippen LogP contribution >= 0.6 is 0 Å². The SMILES string of the molecule is C[C@H]1COc2ccc(CN(C3CC3)S(C)(=O)=O)cc2CN1C(=O)Cn1ccnc1. The van der Waals surface area contributed by atoms with Gasteiger partial charge in [-0.05, 0) is 37.5 Å². The predicted molar refractivity (Wildman–Crippen MR) is 108 cm³/mol. The highest BCUT2D eigenvalue weighted by atomic mass is 32.2. The summed E-state index contributed by atoms with van der Waals surface area (Å²) >= 11 is 0. The zero-order chi connectivity index (χ0) is 20.6. The molecule has 1 atom stereocenters. The fourth-order valence-electron chi connectivity index (χ4n) is 3.66. The normalized spacial score (nSPS) is 19.6. The molecule has 0 unspecified atom stereocenters. The lowest BCUT2D eigenvalue weighted by atomic mass is 10.1. The van der Waals surface area contributed by atoms with Crippen LogP contribution in [-0.4, -0.2) is 58.0 Å². The molecule has 0 bridgehead atoms. The average molecular weight is 419 g/mol. The first-order valence-electron chi connectivity index (χ1n) is 9.78. The van der Waals surface area contributed by atoms with Gasteiger partial charge in [0.2, 0.25) is 15.9 Å².